The lowest BCUT2D eigenvalue weighted by Crippen LogP contribution is -2.24. The molecule has 0 aromatic heterocycles. The van der Waals surface area contributed by atoms with Gasteiger partial charge in [0.25, 0.3) is 0 Å². The van der Waals surface area contributed by atoms with Gasteiger partial charge in [0.1, 0.15) is 11.4 Å². The van der Waals surface area contributed by atoms with Gasteiger partial charge in [-0.05, 0) is 44.4 Å². The summed E-state index contributed by atoms with van der Waals surface area (Å²) in [5, 5.41) is 0. The largest absolute Gasteiger partial charge is 0.488 e. The highest BCUT2D eigenvalue weighted by molar-refractivity contribution is 5.49. The molecule has 0 heterocycles. The summed E-state index contributed by atoms with van der Waals surface area (Å²) in [5.41, 5.74) is 2.34. The Bertz CT molecular complexity index is 385. The maximum atomic E-state index is 6.01. The lowest BCUT2D eigenvalue weighted by Gasteiger charge is -2.25. The number of allylic oxidation sites excluding steroid dienone is 1. The van der Waals surface area contributed by atoms with Crippen LogP contribution >= 0.6 is 0 Å². The highest BCUT2D eigenvalue weighted by Gasteiger charge is 2.17. The smallest absolute Gasteiger partial charge is 0.123 e. The summed E-state index contributed by atoms with van der Waals surface area (Å²) >= 11 is 0. The maximum Gasteiger partial charge on any atom is 0.123 e. The Balaban J connectivity index is 3.18. The molecule has 1 aromatic rings. The molecule has 0 saturated heterocycles. The van der Waals surface area contributed by atoms with Gasteiger partial charge in [0, 0.05) is 5.92 Å². The molecular formula is C16H23O. The van der Waals surface area contributed by atoms with E-state index in [1.165, 1.54) is 17.0 Å². The molecule has 0 atom stereocenters. The van der Waals surface area contributed by atoms with Crippen molar-refractivity contribution in [1.29, 1.82) is 0 Å². The molecule has 0 unspecified atom stereocenters. The summed E-state index contributed by atoms with van der Waals surface area (Å²) in [7, 11) is 0. The van der Waals surface area contributed by atoms with Crippen molar-refractivity contribution >= 4 is 0 Å². The predicted molar refractivity (Wildman–Crippen MR) is 74.4 cm³/mol. The van der Waals surface area contributed by atoms with E-state index in [1.807, 2.05) is 18.2 Å². The van der Waals surface area contributed by atoms with Crippen molar-refractivity contribution in [3.05, 3.63) is 47.9 Å². The van der Waals surface area contributed by atoms with Crippen molar-refractivity contribution in [2.45, 2.75) is 46.6 Å². The Kier molecular flexibility index (Phi) is 4.39. The molecule has 0 N–H and O–H groups in total. The minimum atomic E-state index is -0.162. The van der Waals surface area contributed by atoms with Gasteiger partial charge in [-0.25, -0.2) is 0 Å². The Morgan fingerprint density at radius 3 is 2.47 bits per heavy atom. The normalized spacial score (nSPS) is 11.6. The third-order valence-electron chi connectivity index (χ3n) is 2.63. The average Bonchev–Trinajstić information content (AvgIpc) is 2.25. The maximum absolute atomic E-state index is 6.01. The van der Waals surface area contributed by atoms with Crippen LogP contribution in [0.25, 0.3) is 0 Å². The topological polar surface area (TPSA) is 9.23 Å². The molecule has 1 radical (unpaired) electrons. The molecule has 1 nitrogen and oxygen atoms in total. The van der Waals surface area contributed by atoms with Crippen molar-refractivity contribution in [1.82, 2.24) is 0 Å². The van der Waals surface area contributed by atoms with E-state index in [4.69, 9.17) is 4.74 Å². The second kappa shape index (κ2) is 5.39. The zero-order valence-electron chi connectivity index (χ0n) is 11.6. The quantitative estimate of drug-likeness (QED) is 0.738. The van der Waals surface area contributed by atoms with Crippen LogP contribution in [-0.4, -0.2) is 5.60 Å². The van der Waals surface area contributed by atoms with Gasteiger partial charge in [-0.2, -0.15) is 0 Å². The molecule has 17 heavy (non-hydrogen) atoms. The van der Waals surface area contributed by atoms with E-state index in [2.05, 4.69) is 47.3 Å². The monoisotopic (exact) mass is 231 g/mol. The van der Waals surface area contributed by atoms with E-state index in [0.717, 1.165) is 12.2 Å². The van der Waals surface area contributed by atoms with E-state index in [1.54, 1.807) is 0 Å². The minimum Gasteiger partial charge on any atom is -0.488 e. The molecule has 0 saturated carbocycles. The van der Waals surface area contributed by atoms with E-state index < -0.39 is 0 Å². The van der Waals surface area contributed by atoms with Crippen LogP contribution in [0.4, 0.5) is 0 Å². The highest BCUT2D eigenvalue weighted by atomic mass is 16.5. The predicted octanol–water partition coefficient (Wildman–Crippen LogP) is 4.55. The fourth-order valence-corrected chi connectivity index (χ4v) is 1.84. The molecular weight excluding hydrogens is 208 g/mol. The van der Waals surface area contributed by atoms with Gasteiger partial charge >= 0.3 is 0 Å². The fourth-order valence-electron chi connectivity index (χ4n) is 1.84. The van der Waals surface area contributed by atoms with Crippen LogP contribution in [0.1, 0.15) is 45.7 Å². The highest BCUT2D eigenvalue weighted by Crippen LogP contribution is 2.30. The lowest BCUT2D eigenvalue weighted by atomic mass is 9.93. The standard InChI is InChI=1S/C16H23O/c1-7-12(3)14-10-9-11-15(13(14)8-2)17-16(4,5)6/h7,9-11H,1,8H2,2-6H3. The minimum absolute atomic E-state index is 0.162. The van der Waals surface area contributed by atoms with Crippen molar-refractivity contribution in [2.24, 2.45) is 0 Å². The molecule has 0 bridgehead atoms. The van der Waals surface area contributed by atoms with Crippen LogP contribution in [-0.2, 0) is 6.42 Å². The molecule has 1 aromatic carbocycles. The van der Waals surface area contributed by atoms with Crippen molar-refractivity contribution in [3.63, 3.8) is 0 Å². The van der Waals surface area contributed by atoms with Gasteiger partial charge in [-0.1, -0.05) is 32.1 Å². The zero-order chi connectivity index (χ0) is 13.1. The third kappa shape index (κ3) is 3.62. The summed E-state index contributed by atoms with van der Waals surface area (Å²) < 4.78 is 6.01. The van der Waals surface area contributed by atoms with Gasteiger partial charge in [0.05, 0.1) is 0 Å². The second-order valence-corrected chi connectivity index (χ2v) is 5.24. The Hall–Kier alpha value is -1.24. The van der Waals surface area contributed by atoms with Gasteiger partial charge < -0.3 is 4.74 Å². The summed E-state index contributed by atoms with van der Waals surface area (Å²) in [5.74, 6) is 2.18. The van der Waals surface area contributed by atoms with Crippen molar-refractivity contribution in [2.75, 3.05) is 0 Å². The first-order valence-corrected chi connectivity index (χ1v) is 6.16. The van der Waals surface area contributed by atoms with Crippen LogP contribution in [0.2, 0.25) is 0 Å². The van der Waals surface area contributed by atoms with Gasteiger partial charge in [0.2, 0.25) is 0 Å². The molecule has 0 aliphatic carbocycles. The van der Waals surface area contributed by atoms with Gasteiger partial charge in [0.15, 0.2) is 0 Å². The summed E-state index contributed by atoms with van der Waals surface area (Å²) in [4.78, 5) is 0. The van der Waals surface area contributed by atoms with Crippen LogP contribution in [0.15, 0.2) is 30.9 Å². The summed E-state index contributed by atoms with van der Waals surface area (Å²) in [6.45, 7) is 14.3. The zero-order valence-corrected chi connectivity index (χ0v) is 11.6. The first kappa shape index (κ1) is 13.8. The Morgan fingerprint density at radius 1 is 1.35 bits per heavy atom. The van der Waals surface area contributed by atoms with E-state index in [9.17, 15) is 0 Å². The van der Waals surface area contributed by atoms with Gasteiger partial charge in [-0.15, -0.1) is 6.58 Å². The fraction of sp³-hybridized carbons (Fsp3) is 0.438. The van der Waals surface area contributed by atoms with Crippen LogP contribution in [0, 0.1) is 5.92 Å². The third-order valence-corrected chi connectivity index (χ3v) is 2.63. The molecule has 0 fully saturated rings. The van der Waals surface area contributed by atoms with Gasteiger partial charge in [-0.3, -0.25) is 0 Å². The Morgan fingerprint density at radius 2 is 2.00 bits per heavy atom. The molecule has 1 rings (SSSR count). The molecule has 93 valence electrons. The first-order chi connectivity index (χ1) is 7.89. The van der Waals surface area contributed by atoms with Crippen LogP contribution in [0.5, 0.6) is 5.75 Å². The summed E-state index contributed by atoms with van der Waals surface area (Å²) in [6, 6.07) is 6.22. The average molecular weight is 231 g/mol. The molecule has 0 aliphatic heterocycles. The molecule has 1 heteroatoms. The van der Waals surface area contributed by atoms with E-state index in [-0.39, 0.29) is 5.60 Å². The lowest BCUT2D eigenvalue weighted by molar-refractivity contribution is 0.129. The van der Waals surface area contributed by atoms with Crippen molar-refractivity contribution < 1.29 is 4.74 Å². The van der Waals surface area contributed by atoms with E-state index in [0.29, 0.717) is 0 Å². The molecule has 0 amide bonds. The molecule has 0 spiro atoms. The SMILES string of the molecule is C=C[C](C)c1cccc(OC(C)(C)C)c1CC. The number of hydrogen-bond donors (Lipinski definition) is 0. The number of rotatable bonds is 4. The van der Waals surface area contributed by atoms with Crippen LogP contribution < -0.4 is 4.74 Å². The second-order valence-electron chi connectivity index (χ2n) is 5.24. The Labute approximate surface area is 106 Å². The number of ether oxygens (including phenoxy) is 1. The van der Waals surface area contributed by atoms with Crippen LogP contribution in [0.3, 0.4) is 0 Å². The number of benzene rings is 1. The number of hydrogen-bond acceptors (Lipinski definition) is 1. The first-order valence-electron chi connectivity index (χ1n) is 6.16. The van der Waals surface area contributed by atoms with Crippen molar-refractivity contribution in [3.8, 4) is 5.75 Å². The molecule has 0 aliphatic rings. The van der Waals surface area contributed by atoms with E-state index >= 15 is 0 Å². The summed E-state index contributed by atoms with van der Waals surface area (Å²) in [6.07, 6.45) is 2.86.